The molecule has 2 rings (SSSR count). The van der Waals surface area contributed by atoms with Crippen LogP contribution in [0.15, 0.2) is 11.6 Å². The minimum absolute atomic E-state index is 0.456. The largest absolute Gasteiger partial charge is 0.330 e. The summed E-state index contributed by atoms with van der Waals surface area (Å²) in [6, 6.07) is 0.456. The van der Waals surface area contributed by atoms with Gasteiger partial charge in [-0.25, -0.2) is 4.98 Å². The molecule has 1 aromatic rings. The summed E-state index contributed by atoms with van der Waals surface area (Å²) < 4.78 is 0. The lowest BCUT2D eigenvalue weighted by Crippen LogP contribution is -2.35. The molecule has 16 heavy (non-hydrogen) atoms. The van der Waals surface area contributed by atoms with Crippen molar-refractivity contribution in [3.63, 3.8) is 0 Å². The lowest BCUT2D eigenvalue weighted by Gasteiger charge is -2.32. The monoisotopic (exact) mass is 239 g/mol. The predicted octanol–water partition coefficient (Wildman–Crippen LogP) is 2.26. The Morgan fingerprint density at radius 2 is 2.44 bits per heavy atom. The van der Waals surface area contributed by atoms with Crippen molar-refractivity contribution >= 4 is 11.3 Å². The Morgan fingerprint density at radius 1 is 1.56 bits per heavy atom. The molecule has 0 bridgehead atoms. The van der Waals surface area contributed by atoms with Gasteiger partial charge in [-0.2, -0.15) is 0 Å². The third-order valence-corrected chi connectivity index (χ3v) is 4.37. The van der Waals surface area contributed by atoms with Crippen LogP contribution in [-0.4, -0.2) is 29.5 Å². The Kier molecular flexibility index (Phi) is 4.32. The molecule has 2 unspecified atom stereocenters. The number of hydrogen-bond acceptors (Lipinski definition) is 4. The fourth-order valence-corrected chi connectivity index (χ4v) is 3.52. The smallest absolute Gasteiger partial charge is 0.110 e. The van der Waals surface area contributed by atoms with Crippen LogP contribution in [0.3, 0.4) is 0 Å². The molecular formula is C12H21N3S. The highest BCUT2D eigenvalue weighted by Gasteiger charge is 2.30. The molecule has 1 fully saturated rings. The topological polar surface area (TPSA) is 42.1 Å². The summed E-state index contributed by atoms with van der Waals surface area (Å²) in [7, 11) is 0. The Bertz CT molecular complexity index is 285. The van der Waals surface area contributed by atoms with Gasteiger partial charge in [0.15, 0.2) is 0 Å². The van der Waals surface area contributed by atoms with E-state index in [4.69, 9.17) is 5.73 Å². The van der Waals surface area contributed by atoms with Crippen LogP contribution in [0.1, 0.15) is 37.2 Å². The first kappa shape index (κ1) is 12.0. The second kappa shape index (κ2) is 5.75. The summed E-state index contributed by atoms with van der Waals surface area (Å²) >= 11 is 1.77. The second-order valence-corrected chi connectivity index (χ2v) is 5.36. The third kappa shape index (κ3) is 2.44. The number of likely N-dealkylation sites (tertiary alicyclic amines) is 1. The van der Waals surface area contributed by atoms with Crippen LogP contribution in [-0.2, 0) is 0 Å². The van der Waals surface area contributed by atoms with Crippen LogP contribution in [0.25, 0.3) is 0 Å². The molecule has 0 aliphatic carbocycles. The van der Waals surface area contributed by atoms with E-state index in [2.05, 4.69) is 22.2 Å². The van der Waals surface area contributed by atoms with E-state index in [1.807, 2.05) is 6.20 Å². The van der Waals surface area contributed by atoms with Crippen LogP contribution in [0.2, 0.25) is 0 Å². The van der Waals surface area contributed by atoms with E-state index >= 15 is 0 Å². The van der Waals surface area contributed by atoms with Gasteiger partial charge in [-0.3, -0.25) is 4.90 Å². The van der Waals surface area contributed by atoms with Crippen LogP contribution in [0, 0.1) is 5.92 Å². The summed E-state index contributed by atoms with van der Waals surface area (Å²) in [5.74, 6) is 0.577. The molecular weight excluding hydrogens is 218 g/mol. The van der Waals surface area contributed by atoms with Gasteiger partial charge >= 0.3 is 0 Å². The molecule has 2 atom stereocenters. The summed E-state index contributed by atoms with van der Waals surface area (Å²) in [5.41, 5.74) is 5.94. The van der Waals surface area contributed by atoms with Gasteiger partial charge in [0.05, 0.1) is 6.04 Å². The standard InChI is InChI=1S/C12H21N3S/c1-2-15-7-4-3-5-10(9-13)11(15)12-14-6-8-16-12/h6,8,10-11H,2-5,7,9,13H2,1H3. The molecule has 3 nitrogen and oxygen atoms in total. The van der Waals surface area contributed by atoms with Gasteiger partial charge in [-0.05, 0) is 38.4 Å². The van der Waals surface area contributed by atoms with Crippen molar-refractivity contribution < 1.29 is 0 Å². The van der Waals surface area contributed by atoms with Crippen molar-refractivity contribution in [1.82, 2.24) is 9.88 Å². The van der Waals surface area contributed by atoms with Crippen molar-refractivity contribution in [2.24, 2.45) is 11.7 Å². The van der Waals surface area contributed by atoms with Crippen molar-refractivity contribution in [3.05, 3.63) is 16.6 Å². The summed E-state index contributed by atoms with van der Waals surface area (Å²) in [5, 5.41) is 3.32. The molecule has 0 radical (unpaired) electrons. The Labute approximate surface area is 102 Å². The van der Waals surface area contributed by atoms with E-state index in [1.54, 1.807) is 11.3 Å². The van der Waals surface area contributed by atoms with Gasteiger partial charge < -0.3 is 5.73 Å². The SMILES string of the molecule is CCN1CCCCC(CN)C1c1nccs1. The van der Waals surface area contributed by atoms with Crippen LogP contribution in [0.4, 0.5) is 0 Å². The van der Waals surface area contributed by atoms with Crippen molar-refractivity contribution in [2.75, 3.05) is 19.6 Å². The van der Waals surface area contributed by atoms with Crippen molar-refractivity contribution in [2.45, 2.75) is 32.2 Å². The van der Waals surface area contributed by atoms with Gasteiger partial charge in [0.25, 0.3) is 0 Å². The molecule has 0 aromatic carbocycles. The minimum atomic E-state index is 0.456. The van der Waals surface area contributed by atoms with E-state index in [0.29, 0.717) is 12.0 Å². The first-order chi connectivity index (χ1) is 7.86. The fraction of sp³-hybridized carbons (Fsp3) is 0.750. The van der Waals surface area contributed by atoms with Crippen LogP contribution < -0.4 is 5.73 Å². The molecule has 2 heterocycles. The number of thiazole rings is 1. The minimum Gasteiger partial charge on any atom is -0.330 e. The maximum absolute atomic E-state index is 5.94. The molecule has 1 aliphatic heterocycles. The molecule has 0 spiro atoms. The molecule has 4 heteroatoms. The molecule has 1 saturated heterocycles. The zero-order valence-corrected chi connectivity index (χ0v) is 10.7. The number of aromatic nitrogens is 1. The molecule has 1 aromatic heterocycles. The highest BCUT2D eigenvalue weighted by atomic mass is 32.1. The Balaban J connectivity index is 2.24. The maximum atomic E-state index is 5.94. The highest BCUT2D eigenvalue weighted by Crippen LogP contribution is 2.35. The highest BCUT2D eigenvalue weighted by molar-refractivity contribution is 7.09. The van der Waals surface area contributed by atoms with Crippen molar-refractivity contribution in [1.29, 1.82) is 0 Å². The number of nitrogens with two attached hydrogens (primary N) is 1. The lowest BCUT2D eigenvalue weighted by atomic mass is 9.95. The Morgan fingerprint density at radius 3 is 3.06 bits per heavy atom. The van der Waals surface area contributed by atoms with E-state index < -0.39 is 0 Å². The quantitative estimate of drug-likeness (QED) is 0.880. The van der Waals surface area contributed by atoms with Crippen molar-refractivity contribution in [3.8, 4) is 0 Å². The average Bonchev–Trinajstić information content (AvgIpc) is 2.75. The zero-order chi connectivity index (χ0) is 11.4. The number of hydrogen-bond donors (Lipinski definition) is 1. The maximum Gasteiger partial charge on any atom is 0.110 e. The molecule has 2 N–H and O–H groups in total. The summed E-state index contributed by atoms with van der Waals surface area (Å²) in [6.07, 6.45) is 5.76. The van der Waals surface area contributed by atoms with Crippen LogP contribution in [0.5, 0.6) is 0 Å². The van der Waals surface area contributed by atoms with Gasteiger partial charge in [-0.15, -0.1) is 11.3 Å². The van der Waals surface area contributed by atoms with Gasteiger partial charge in [0.2, 0.25) is 0 Å². The fourth-order valence-electron chi connectivity index (χ4n) is 2.66. The van der Waals surface area contributed by atoms with E-state index in [0.717, 1.165) is 13.1 Å². The van der Waals surface area contributed by atoms with Crippen LogP contribution >= 0.6 is 11.3 Å². The first-order valence-electron chi connectivity index (χ1n) is 6.20. The lowest BCUT2D eigenvalue weighted by molar-refractivity contribution is 0.166. The molecule has 0 saturated carbocycles. The summed E-state index contributed by atoms with van der Waals surface area (Å²) in [4.78, 5) is 7.04. The number of nitrogens with zero attached hydrogens (tertiary/aromatic N) is 2. The third-order valence-electron chi connectivity index (χ3n) is 3.52. The second-order valence-electron chi connectivity index (χ2n) is 4.44. The average molecular weight is 239 g/mol. The van der Waals surface area contributed by atoms with E-state index in [9.17, 15) is 0 Å². The van der Waals surface area contributed by atoms with Gasteiger partial charge in [0.1, 0.15) is 5.01 Å². The Hall–Kier alpha value is -0.450. The van der Waals surface area contributed by atoms with E-state index in [-0.39, 0.29) is 0 Å². The summed E-state index contributed by atoms with van der Waals surface area (Å²) in [6.45, 7) is 5.30. The first-order valence-corrected chi connectivity index (χ1v) is 7.08. The molecule has 90 valence electrons. The zero-order valence-electron chi connectivity index (χ0n) is 9.93. The predicted molar refractivity (Wildman–Crippen MR) is 68.5 cm³/mol. The molecule has 1 aliphatic rings. The van der Waals surface area contributed by atoms with Gasteiger partial charge in [-0.1, -0.05) is 13.3 Å². The molecule has 0 amide bonds. The normalized spacial score (nSPS) is 27.9. The van der Waals surface area contributed by atoms with Gasteiger partial charge in [0, 0.05) is 11.6 Å². The van der Waals surface area contributed by atoms with E-state index in [1.165, 1.54) is 30.8 Å². The number of rotatable bonds is 3.